The lowest BCUT2D eigenvalue weighted by Gasteiger charge is -2.35. The largest absolute Gasteiger partial charge is 0.481 e. The minimum Gasteiger partial charge on any atom is -0.481 e. The molecule has 44 heavy (non-hydrogen) atoms. The summed E-state index contributed by atoms with van der Waals surface area (Å²) in [5, 5.41) is 0.979. The number of carbonyl (C=O) groups is 2. The highest BCUT2D eigenvalue weighted by molar-refractivity contribution is 5.89. The van der Waals surface area contributed by atoms with Crippen LogP contribution in [0.2, 0.25) is 0 Å². The molecule has 8 nitrogen and oxygen atoms in total. The fourth-order valence-electron chi connectivity index (χ4n) is 6.98. The van der Waals surface area contributed by atoms with E-state index in [1.807, 2.05) is 42.5 Å². The van der Waals surface area contributed by atoms with Gasteiger partial charge in [0, 0.05) is 23.5 Å². The first kappa shape index (κ1) is 31.9. The van der Waals surface area contributed by atoms with Gasteiger partial charge in [-0.15, -0.1) is 0 Å². The van der Waals surface area contributed by atoms with Crippen molar-refractivity contribution in [1.82, 2.24) is 9.88 Å². The lowest BCUT2D eigenvalue weighted by atomic mass is 9.73. The van der Waals surface area contributed by atoms with E-state index in [-0.39, 0.29) is 31.0 Å². The van der Waals surface area contributed by atoms with E-state index < -0.39 is 35.7 Å². The topological polar surface area (TPSA) is 87.2 Å². The number of likely N-dealkylation sites (tertiary alicyclic amines) is 1. The smallest absolute Gasteiger partial charge is 0.329 e. The Morgan fingerprint density at radius 1 is 1.09 bits per heavy atom. The van der Waals surface area contributed by atoms with Crippen LogP contribution in [-0.2, 0) is 30.4 Å². The molecular formula is C36H46N2O6. The zero-order valence-corrected chi connectivity index (χ0v) is 27.0. The van der Waals surface area contributed by atoms with Crippen molar-refractivity contribution in [2.24, 2.45) is 11.3 Å². The Hall–Kier alpha value is -3.49. The first-order valence-corrected chi connectivity index (χ1v) is 15.8. The number of esters is 1. The van der Waals surface area contributed by atoms with E-state index >= 15 is 0 Å². The summed E-state index contributed by atoms with van der Waals surface area (Å²) in [4.78, 5) is 34.9. The molecule has 3 aromatic rings. The monoisotopic (exact) mass is 602 g/mol. The quantitative estimate of drug-likeness (QED) is 0.255. The fourth-order valence-corrected chi connectivity index (χ4v) is 6.98. The van der Waals surface area contributed by atoms with Crippen molar-refractivity contribution in [2.45, 2.75) is 91.2 Å². The molecule has 2 aromatic carbocycles. The zero-order chi connectivity index (χ0) is 31.6. The fraction of sp³-hybridized carbons (Fsp3) is 0.528. The molecule has 8 heteroatoms. The van der Waals surface area contributed by atoms with Gasteiger partial charge < -0.3 is 23.8 Å². The van der Waals surface area contributed by atoms with Crippen LogP contribution in [0, 0.1) is 11.3 Å². The van der Waals surface area contributed by atoms with Gasteiger partial charge in [0.1, 0.15) is 12.1 Å². The number of aromatic nitrogens is 1. The van der Waals surface area contributed by atoms with Gasteiger partial charge in [-0.2, -0.15) is 0 Å². The molecule has 0 aliphatic carbocycles. The Balaban J connectivity index is 1.67. The third-order valence-corrected chi connectivity index (χ3v) is 8.92. The van der Waals surface area contributed by atoms with Crippen LogP contribution < -0.4 is 4.74 Å². The SMILES string of the molecule is CCOC(=O)[C@@H]1[C@@H](C(C)(C)C)[C@H](OCc2cc3ccccc3nc2OC)[C@H](c2ccccc2C(C)C)N1C(=O)[C@@H]1CCCO1. The predicted octanol–water partition coefficient (Wildman–Crippen LogP) is 6.61. The lowest BCUT2D eigenvalue weighted by Crippen LogP contribution is -2.50. The summed E-state index contributed by atoms with van der Waals surface area (Å²) >= 11 is 0. The average molecular weight is 603 g/mol. The molecule has 236 valence electrons. The number of pyridine rings is 1. The summed E-state index contributed by atoms with van der Waals surface area (Å²) in [7, 11) is 1.61. The number of ether oxygens (including phenoxy) is 4. The molecule has 2 aliphatic rings. The van der Waals surface area contributed by atoms with E-state index in [1.165, 1.54) is 0 Å². The van der Waals surface area contributed by atoms with E-state index in [0.29, 0.717) is 18.9 Å². The summed E-state index contributed by atoms with van der Waals surface area (Å²) in [5.74, 6) is -0.304. The van der Waals surface area contributed by atoms with Crippen molar-refractivity contribution in [3.8, 4) is 5.88 Å². The van der Waals surface area contributed by atoms with Gasteiger partial charge in [-0.1, -0.05) is 77.1 Å². The molecule has 3 heterocycles. The van der Waals surface area contributed by atoms with Crippen molar-refractivity contribution >= 4 is 22.8 Å². The Bertz CT molecular complexity index is 1470. The standard InChI is InChI=1S/C36H46N2O6/c1-8-42-35(40)31-29(36(4,5)6)32(44-21-24-20-23-14-9-12-17-27(23)37-33(24)41-7)30(26-16-11-10-15-25(26)22(2)3)38(31)34(39)28-18-13-19-43-28/h9-12,14-17,20,22,28-32H,8,13,18-19,21H2,1-7H3/t28-,29+,30-,31-,32-/m0/s1. The second kappa shape index (κ2) is 13.2. The summed E-state index contributed by atoms with van der Waals surface area (Å²) in [5.41, 5.74) is 3.29. The van der Waals surface area contributed by atoms with Gasteiger partial charge in [0.15, 0.2) is 0 Å². The van der Waals surface area contributed by atoms with Crippen molar-refractivity contribution in [3.05, 3.63) is 71.3 Å². The third-order valence-electron chi connectivity index (χ3n) is 8.92. The molecule has 2 saturated heterocycles. The summed E-state index contributed by atoms with van der Waals surface area (Å²) in [6, 6.07) is 16.7. The Labute approximate surface area is 261 Å². The maximum Gasteiger partial charge on any atom is 0.329 e. The normalized spacial score (nSPS) is 23.8. The van der Waals surface area contributed by atoms with Gasteiger partial charge >= 0.3 is 5.97 Å². The summed E-state index contributed by atoms with van der Waals surface area (Å²) < 4.78 is 24.3. The van der Waals surface area contributed by atoms with E-state index in [1.54, 1.807) is 18.9 Å². The Morgan fingerprint density at radius 3 is 2.48 bits per heavy atom. The number of methoxy groups -OCH3 is 1. The van der Waals surface area contributed by atoms with Crippen LogP contribution in [0.15, 0.2) is 54.6 Å². The van der Waals surface area contributed by atoms with Gasteiger partial charge in [-0.25, -0.2) is 9.78 Å². The first-order valence-electron chi connectivity index (χ1n) is 15.8. The molecule has 1 aromatic heterocycles. The second-order valence-electron chi connectivity index (χ2n) is 13.2. The number of carbonyl (C=O) groups excluding carboxylic acids is 2. The molecule has 5 rings (SSSR count). The molecular weight excluding hydrogens is 556 g/mol. The second-order valence-corrected chi connectivity index (χ2v) is 13.2. The molecule has 2 fully saturated rings. The van der Waals surface area contributed by atoms with Crippen molar-refractivity contribution in [2.75, 3.05) is 20.3 Å². The van der Waals surface area contributed by atoms with Crippen molar-refractivity contribution < 1.29 is 28.5 Å². The van der Waals surface area contributed by atoms with E-state index in [9.17, 15) is 9.59 Å². The van der Waals surface area contributed by atoms with Crippen LogP contribution in [0.3, 0.4) is 0 Å². The van der Waals surface area contributed by atoms with E-state index in [0.717, 1.165) is 34.0 Å². The number of hydrogen-bond donors (Lipinski definition) is 0. The molecule has 0 spiro atoms. The van der Waals surface area contributed by atoms with Gasteiger partial charge in [0.2, 0.25) is 5.88 Å². The predicted molar refractivity (Wildman–Crippen MR) is 169 cm³/mol. The highest BCUT2D eigenvalue weighted by Gasteiger charge is 2.60. The summed E-state index contributed by atoms with van der Waals surface area (Å²) in [6.45, 7) is 13.3. The number of para-hydroxylation sites is 1. The minimum atomic E-state index is -0.849. The minimum absolute atomic E-state index is 0.186. The number of rotatable bonds is 9. The Morgan fingerprint density at radius 2 is 1.82 bits per heavy atom. The van der Waals surface area contributed by atoms with Gasteiger partial charge in [-0.05, 0) is 54.4 Å². The molecule has 0 N–H and O–H groups in total. The lowest BCUT2D eigenvalue weighted by molar-refractivity contribution is -0.160. The third kappa shape index (κ3) is 6.20. The molecule has 0 unspecified atom stereocenters. The zero-order valence-electron chi connectivity index (χ0n) is 27.0. The molecule has 0 saturated carbocycles. The number of hydrogen-bond acceptors (Lipinski definition) is 7. The maximum atomic E-state index is 14.5. The molecule has 0 bridgehead atoms. The highest BCUT2D eigenvalue weighted by Crippen LogP contribution is 2.51. The number of amides is 1. The average Bonchev–Trinajstić information content (AvgIpc) is 3.66. The van der Waals surface area contributed by atoms with Crippen LogP contribution in [0.4, 0.5) is 0 Å². The van der Waals surface area contributed by atoms with Crippen LogP contribution >= 0.6 is 0 Å². The maximum absolute atomic E-state index is 14.5. The summed E-state index contributed by atoms with van der Waals surface area (Å²) in [6.07, 6.45) is 0.282. The first-order chi connectivity index (χ1) is 21.1. The van der Waals surface area contributed by atoms with E-state index in [4.69, 9.17) is 23.9 Å². The van der Waals surface area contributed by atoms with Crippen molar-refractivity contribution in [1.29, 1.82) is 0 Å². The van der Waals surface area contributed by atoms with Gasteiger partial charge in [-0.3, -0.25) is 4.79 Å². The van der Waals surface area contributed by atoms with Crippen LogP contribution in [0.25, 0.3) is 10.9 Å². The Kier molecular flexibility index (Phi) is 9.61. The number of benzene rings is 2. The van der Waals surface area contributed by atoms with E-state index in [2.05, 4.69) is 46.8 Å². The highest BCUT2D eigenvalue weighted by atomic mass is 16.5. The molecule has 5 atom stereocenters. The van der Waals surface area contributed by atoms with Crippen LogP contribution in [0.5, 0.6) is 5.88 Å². The molecule has 0 radical (unpaired) electrons. The van der Waals surface area contributed by atoms with Crippen LogP contribution in [-0.4, -0.2) is 60.3 Å². The van der Waals surface area contributed by atoms with Crippen LogP contribution in [0.1, 0.15) is 83.0 Å². The number of fused-ring (bicyclic) bond motifs is 1. The van der Waals surface area contributed by atoms with Gasteiger partial charge in [0.05, 0.1) is 38.0 Å². The van der Waals surface area contributed by atoms with Gasteiger partial charge in [0.25, 0.3) is 5.91 Å². The number of nitrogens with zero attached hydrogens (tertiary/aromatic N) is 2. The molecule has 1 amide bonds. The van der Waals surface area contributed by atoms with Crippen molar-refractivity contribution in [3.63, 3.8) is 0 Å². The molecule has 2 aliphatic heterocycles.